The molecule has 2 aliphatic rings. The van der Waals surface area contributed by atoms with Crippen molar-refractivity contribution in [2.45, 2.75) is 63.2 Å². The van der Waals surface area contributed by atoms with E-state index in [1.807, 2.05) is 0 Å². The van der Waals surface area contributed by atoms with E-state index in [1.165, 1.54) is 29.3 Å². The average Bonchev–Trinajstić information content (AvgIpc) is 3.34. The molecule has 1 unspecified atom stereocenters. The van der Waals surface area contributed by atoms with E-state index >= 15 is 0 Å². The largest absolute Gasteiger partial charge is 0.356 e. The molecule has 7 nitrogen and oxygen atoms in total. The number of amides is 2. The zero-order valence-corrected chi connectivity index (χ0v) is 19.3. The van der Waals surface area contributed by atoms with Gasteiger partial charge in [-0.25, -0.2) is 8.42 Å². The highest BCUT2D eigenvalue weighted by molar-refractivity contribution is 7.89. The minimum Gasteiger partial charge on any atom is -0.356 e. The molecule has 2 heterocycles. The maximum Gasteiger partial charge on any atom is 0.253 e. The summed E-state index contributed by atoms with van der Waals surface area (Å²) < 4.78 is 26.8. The Morgan fingerprint density at radius 3 is 2.39 bits per heavy atom. The van der Waals surface area contributed by atoms with E-state index in [0.717, 1.165) is 38.5 Å². The number of unbranched alkanes of at least 4 members (excludes halogenated alkanes) is 3. The van der Waals surface area contributed by atoms with Gasteiger partial charge in [-0.3, -0.25) is 9.59 Å². The highest BCUT2D eigenvalue weighted by Crippen LogP contribution is 2.23. The maximum absolute atomic E-state index is 13.0. The van der Waals surface area contributed by atoms with Crippen molar-refractivity contribution >= 4 is 21.8 Å². The summed E-state index contributed by atoms with van der Waals surface area (Å²) in [6.45, 7) is 4.99. The Morgan fingerprint density at radius 1 is 1.00 bits per heavy atom. The summed E-state index contributed by atoms with van der Waals surface area (Å²) >= 11 is 0. The lowest BCUT2D eigenvalue weighted by Gasteiger charge is -2.32. The van der Waals surface area contributed by atoms with Crippen LogP contribution in [0, 0.1) is 5.92 Å². The Kier molecular flexibility index (Phi) is 8.49. The van der Waals surface area contributed by atoms with Crippen molar-refractivity contribution in [3.63, 3.8) is 0 Å². The van der Waals surface area contributed by atoms with Crippen LogP contribution >= 0.6 is 0 Å². The molecular formula is C23H35N3O4S. The Hall–Kier alpha value is -1.93. The first-order valence-electron chi connectivity index (χ1n) is 11.6. The Labute approximate surface area is 186 Å². The third-order valence-corrected chi connectivity index (χ3v) is 8.13. The van der Waals surface area contributed by atoms with Crippen LogP contribution in [-0.2, 0) is 14.8 Å². The number of rotatable bonds is 9. The molecule has 31 heavy (non-hydrogen) atoms. The minimum absolute atomic E-state index is 0.0288. The second kappa shape index (κ2) is 11.1. The molecule has 3 rings (SSSR count). The first-order chi connectivity index (χ1) is 14.9. The van der Waals surface area contributed by atoms with Crippen LogP contribution in [0.2, 0.25) is 0 Å². The van der Waals surface area contributed by atoms with Crippen LogP contribution < -0.4 is 5.32 Å². The molecule has 0 aromatic heterocycles. The number of carbonyl (C=O) groups is 2. The molecule has 2 amide bonds. The number of benzene rings is 1. The summed E-state index contributed by atoms with van der Waals surface area (Å²) in [5.41, 5.74) is 0.459. The lowest BCUT2D eigenvalue weighted by molar-refractivity contribution is -0.126. The molecule has 1 aromatic rings. The van der Waals surface area contributed by atoms with E-state index in [1.54, 1.807) is 17.0 Å². The topological polar surface area (TPSA) is 86.8 Å². The molecule has 0 saturated carbocycles. The average molecular weight is 450 g/mol. The number of sulfonamides is 1. The lowest BCUT2D eigenvalue weighted by atomic mass is 9.96. The SMILES string of the molecule is CCCCCCNC(=O)C1CCCN(C(=O)c2ccc(S(=O)(=O)N3CCCC3)cc2)C1. The second-order valence-electron chi connectivity index (χ2n) is 8.58. The second-order valence-corrected chi connectivity index (χ2v) is 10.5. The van der Waals surface area contributed by atoms with Crippen molar-refractivity contribution in [2.24, 2.45) is 5.92 Å². The molecule has 0 aliphatic carbocycles. The summed E-state index contributed by atoms with van der Waals surface area (Å²) in [4.78, 5) is 27.4. The summed E-state index contributed by atoms with van der Waals surface area (Å²) in [5, 5.41) is 3.01. The molecule has 0 spiro atoms. The van der Waals surface area contributed by atoms with Gasteiger partial charge < -0.3 is 10.2 Å². The highest BCUT2D eigenvalue weighted by Gasteiger charge is 2.30. The number of nitrogens with zero attached hydrogens (tertiary/aromatic N) is 2. The van der Waals surface area contributed by atoms with Crippen LogP contribution in [0.15, 0.2) is 29.2 Å². The zero-order valence-electron chi connectivity index (χ0n) is 18.5. The molecule has 172 valence electrons. The molecule has 1 atom stereocenters. The normalized spacial score (nSPS) is 20.0. The number of nitrogens with one attached hydrogen (secondary N) is 1. The van der Waals surface area contributed by atoms with Gasteiger partial charge in [-0.2, -0.15) is 4.31 Å². The molecule has 1 N–H and O–H groups in total. The molecule has 8 heteroatoms. The van der Waals surface area contributed by atoms with Crippen LogP contribution in [0.25, 0.3) is 0 Å². The predicted molar refractivity (Wildman–Crippen MR) is 120 cm³/mol. The Morgan fingerprint density at radius 2 is 1.71 bits per heavy atom. The van der Waals surface area contributed by atoms with Crippen LogP contribution in [0.3, 0.4) is 0 Å². The smallest absolute Gasteiger partial charge is 0.253 e. The fourth-order valence-electron chi connectivity index (χ4n) is 4.31. The van der Waals surface area contributed by atoms with Crippen LogP contribution in [0.5, 0.6) is 0 Å². The van der Waals surface area contributed by atoms with Gasteiger partial charge in [-0.15, -0.1) is 0 Å². The van der Waals surface area contributed by atoms with E-state index in [4.69, 9.17) is 0 Å². The monoisotopic (exact) mass is 449 g/mol. The van der Waals surface area contributed by atoms with Crippen molar-refractivity contribution in [1.82, 2.24) is 14.5 Å². The van der Waals surface area contributed by atoms with Crippen molar-refractivity contribution in [3.05, 3.63) is 29.8 Å². The van der Waals surface area contributed by atoms with Gasteiger partial charge in [-0.05, 0) is 56.4 Å². The lowest BCUT2D eigenvalue weighted by Crippen LogP contribution is -2.45. The van der Waals surface area contributed by atoms with Gasteiger partial charge in [0, 0.05) is 38.3 Å². The summed E-state index contributed by atoms with van der Waals surface area (Å²) in [6, 6.07) is 6.21. The van der Waals surface area contributed by atoms with Crippen molar-refractivity contribution < 1.29 is 18.0 Å². The van der Waals surface area contributed by atoms with E-state index in [9.17, 15) is 18.0 Å². The van der Waals surface area contributed by atoms with Gasteiger partial charge in [0.15, 0.2) is 0 Å². The Balaban J connectivity index is 1.56. The van der Waals surface area contributed by atoms with Crippen LogP contribution in [-0.4, -0.2) is 62.2 Å². The third kappa shape index (κ3) is 6.07. The summed E-state index contributed by atoms with van der Waals surface area (Å²) in [7, 11) is -3.49. The first-order valence-corrected chi connectivity index (χ1v) is 13.0. The van der Waals surface area contributed by atoms with Crippen molar-refractivity contribution in [2.75, 3.05) is 32.7 Å². The summed E-state index contributed by atoms with van der Waals surface area (Å²) in [6.07, 6.45) is 7.81. The molecule has 0 radical (unpaired) electrons. The number of hydrogen-bond donors (Lipinski definition) is 1. The minimum atomic E-state index is -3.49. The van der Waals surface area contributed by atoms with Gasteiger partial charge in [-0.1, -0.05) is 26.2 Å². The van der Waals surface area contributed by atoms with Gasteiger partial charge in [0.2, 0.25) is 15.9 Å². The van der Waals surface area contributed by atoms with Crippen LogP contribution in [0.1, 0.15) is 68.6 Å². The van der Waals surface area contributed by atoms with E-state index in [-0.39, 0.29) is 22.6 Å². The highest BCUT2D eigenvalue weighted by atomic mass is 32.2. The number of carbonyl (C=O) groups excluding carboxylic acids is 2. The fraction of sp³-hybridized carbons (Fsp3) is 0.652. The van der Waals surface area contributed by atoms with Crippen LogP contribution in [0.4, 0.5) is 0 Å². The van der Waals surface area contributed by atoms with E-state index in [0.29, 0.717) is 38.3 Å². The molecule has 2 aliphatic heterocycles. The summed E-state index contributed by atoms with van der Waals surface area (Å²) in [5.74, 6) is -0.301. The van der Waals surface area contributed by atoms with E-state index in [2.05, 4.69) is 12.2 Å². The standard InChI is InChI=1S/C23H35N3O4S/c1-2-3-4-5-14-24-22(27)20-9-8-15-25(18-20)23(28)19-10-12-21(13-11-19)31(29,30)26-16-6-7-17-26/h10-13,20H,2-9,14-18H2,1H3,(H,24,27). The number of likely N-dealkylation sites (tertiary alicyclic amines) is 1. The number of hydrogen-bond acceptors (Lipinski definition) is 4. The molecule has 1 aromatic carbocycles. The molecule has 0 bridgehead atoms. The first kappa shape index (κ1) is 23.7. The van der Waals surface area contributed by atoms with Crippen molar-refractivity contribution in [3.8, 4) is 0 Å². The van der Waals surface area contributed by atoms with Gasteiger partial charge >= 0.3 is 0 Å². The van der Waals surface area contributed by atoms with Gasteiger partial charge in [0.25, 0.3) is 5.91 Å². The molecular weight excluding hydrogens is 414 g/mol. The van der Waals surface area contributed by atoms with Gasteiger partial charge in [0.1, 0.15) is 0 Å². The predicted octanol–water partition coefficient (Wildman–Crippen LogP) is 3.02. The van der Waals surface area contributed by atoms with Gasteiger partial charge in [0.05, 0.1) is 10.8 Å². The van der Waals surface area contributed by atoms with E-state index < -0.39 is 10.0 Å². The third-order valence-electron chi connectivity index (χ3n) is 6.21. The molecule has 2 saturated heterocycles. The number of piperidine rings is 1. The molecule has 2 fully saturated rings. The Bertz CT molecular complexity index is 848. The maximum atomic E-state index is 13.0. The zero-order chi connectivity index (χ0) is 22.3. The van der Waals surface area contributed by atoms with Crippen molar-refractivity contribution in [1.29, 1.82) is 0 Å². The quantitative estimate of drug-likeness (QED) is 0.587. The fourth-order valence-corrected chi connectivity index (χ4v) is 5.83.